The van der Waals surface area contributed by atoms with Crippen molar-refractivity contribution in [1.29, 1.82) is 0 Å². The second-order valence-corrected chi connectivity index (χ2v) is 6.75. The fraction of sp³-hybridized carbons (Fsp3) is 0.316. The van der Waals surface area contributed by atoms with Gasteiger partial charge in [-0.05, 0) is 42.2 Å². The number of hydrogen-bond donors (Lipinski definition) is 1. The number of rotatable bonds is 4. The number of carbonyl (C=O) groups is 1. The van der Waals surface area contributed by atoms with Crippen molar-refractivity contribution in [3.63, 3.8) is 0 Å². The summed E-state index contributed by atoms with van der Waals surface area (Å²) in [4.78, 5) is 12.1. The Kier molecular flexibility index (Phi) is 5.40. The molecule has 0 radical (unpaired) electrons. The number of ether oxygens (including phenoxy) is 1. The predicted octanol–water partition coefficient (Wildman–Crippen LogP) is 4.81. The van der Waals surface area contributed by atoms with Crippen LogP contribution in [0.15, 0.2) is 36.4 Å². The van der Waals surface area contributed by atoms with Gasteiger partial charge < -0.3 is 10.1 Å². The zero-order valence-corrected chi connectivity index (χ0v) is 14.5. The predicted molar refractivity (Wildman–Crippen MR) is 90.2 cm³/mol. The number of carbonyl (C=O) groups excluding carboxylic acids is 1. The van der Waals surface area contributed by atoms with Crippen LogP contribution in [0, 0.1) is 17.5 Å². The lowest BCUT2D eigenvalue weighted by molar-refractivity contribution is -0.122. The highest BCUT2D eigenvalue weighted by atomic mass is 19.2. The molecule has 2 rings (SSSR count). The van der Waals surface area contributed by atoms with Gasteiger partial charge in [0.1, 0.15) is 5.75 Å². The Bertz CT molecular complexity index is 767. The standard InChI is InChI=1S/C19H20F3NO2/c1-11(25-13-7-5-12(6-8-13)19(2,3)4)18(24)23-15-10-9-14(20)16(21)17(15)22/h5-11H,1-4H3,(H,23,24). The molecular weight excluding hydrogens is 331 g/mol. The van der Waals surface area contributed by atoms with Gasteiger partial charge in [-0.3, -0.25) is 4.79 Å². The topological polar surface area (TPSA) is 38.3 Å². The SMILES string of the molecule is CC(Oc1ccc(C(C)(C)C)cc1)C(=O)Nc1ccc(F)c(F)c1F. The van der Waals surface area contributed by atoms with Gasteiger partial charge in [0.15, 0.2) is 23.6 Å². The molecule has 0 aliphatic rings. The third-order valence-corrected chi connectivity index (χ3v) is 3.70. The van der Waals surface area contributed by atoms with E-state index in [9.17, 15) is 18.0 Å². The lowest BCUT2D eigenvalue weighted by Crippen LogP contribution is -2.30. The molecule has 0 aromatic heterocycles. The number of anilines is 1. The lowest BCUT2D eigenvalue weighted by Gasteiger charge is -2.20. The third-order valence-electron chi connectivity index (χ3n) is 3.70. The Balaban J connectivity index is 2.04. The monoisotopic (exact) mass is 351 g/mol. The molecule has 134 valence electrons. The first-order valence-corrected chi connectivity index (χ1v) is 7.81. The van der Waals surface area contributed by atoms with Crippen LogP contribution in [0.4, 0.5) is 18.9 Å². The Morgan fingerprint density at radius 3 is 2.16 bits per heavy atom. The van der Waals surface area contributed by atoms with E-state index >= 15 is 0 Å². The Labute approximate surface area is 144 Å². The zero-order valence-electron chi connectivity index (χ0n) is 14.5. The molecule has 0 saturated heterocycles. The van der Waals surface area contributed by atoms with Gasteiger partial charge in [0.2, 0.25) is 0 Å². The summed E-state index contributed by atoms with van der Waals surface area (Å²) in [6, 6.07) is 8.97. The summed E-state index contributed by atoms with van der Waals surface area (Å²) in [5.41, 5.74) is 0.661. The smallest absolute Gasteiger partial charge is 0.265 e. The summed E-state index contributed by atoms with van der Waals surface area (Å²) in [6.07, 6.45) is -0.951. The highest BCUT2D eigenvalue weighted by molar-refractivity contribution is 5.94. The lowest BCUT2D eigenvalue weighted by atomic mass is 9.87. The van der Waals surface area contributed by atoms with E-state index in [-0.39, 0.29) is 5.41 Å². The summed E-state index contributed by atoms with van der Waals surface area (Å²) in [6.45, 7) is 7.71. The molecule has 1 unspecified atom stereocenters. The molecule has 0 aliphatic heterocycles. The van der Waals surface area contributed by atoms with E-state index in [4.69, 9.17) is 4.74 Å². The fourth-order valence-corrected chi connectivity index (χ4v) is 2.15. The second kappa shape index (κ2) is 7.17. The zero-order chi connectivity index (χ0) is 18.8. The Morgan fingerprint density at radius 1 is 1.00 bits per heavy atom. The molecule has 2 aromatic carbocycles. The number of nitrogens with one attached hydrogen (secondary N) is 1. The summed E-state index contributed by atoms with van der Waals surface area (Å²) in [5.74, 6) is -4.61. The number of amides is 1. The Morgan fingerprint density at radius 2 is 1.60 bits per heavy atom. The largest absolute Gasteiger partial charge is 0.481 e. The van der Waals surface area contributed by atoms with Crippen LogP contribution in [0.25, 0.3) is 0 Å². The minimum absolute atomic E-state index is 0.00823. The van der Waals surface area contributed by atoms with Crippen molar-refractivity contribution >= 4 is 11.6 Å². The first kappa shape index (κ1) is 18.8. The number of hydrogen-bond acceptors (Lipinski definition) is 2. The first-order valence-electron chi connectivity index (χ1n) is 7.81. The average molecular weight is 351 g/mol. The second-order valence-electron chi connectivity index (χ2n) is 6.75. The highest BCUT2D eigenvalue weighted by Gasteiger charge is 2.20. The first-order chi connectivity index (χ1) is 11.6. The van der Waals surface area contributed by atoms with Crippen LogP contribution in [0.5, 0.6) is 5.75 Å². The normalized spacial score (nSPS) is 12.6. The molecule has 2 aromatic rings. The van der Waals surface area contributed by atoms with Crippen molar-refractivity contribution in [2.45, 2.75) is 39.2 Å². The molecule has 1 atom stereocenters. The molecule has 0 spiro atoms. The van der Waals surface area contributed by atoms with E-state index in [1.54, 1.807) is 12.1 Å². The molecule has 0 saturated carbocycles. The maximum Gasteiger partial charge on any atom is 0.265 e. The van der Waals surface area contributed by atoms with Gasteiger partial charge in [-0.2, -0.15) is 0 Å². The third kappa shape index (κ3) is 4.53. The highest BCUT2D eigenvalue weighted by Crippen LogP contribution is 2.25. The van der Waals surface area contributed by atoms with Crippen LogP contribution in [-0.4, -0.2) is 12.0 Å². The van der Waals surface area contributed by atoms with Crippen LogP contribution < -0.4 is 10.1 Å². The summed E-state index contributed by atoms with van der Waals surface area (Å²) in [7, 11) is 0. The van der Waals surface area contributed by atoms with Gasteiger partial charge in [0.05, 0.1) is 5.69 Å². The van der Waals surface area contributed by atoms with Crippen LogP contribution >= 0.6 is 0 Å². The van der Waals surface area contributed by atoms with Gasteiger partial charge >= 0.3 is 0 Å². The summed E-state index contributed by atoms with van der Waals surface area (Å²) >= 11 is 0. The maximum atomic E-state index is 13.6. The van der Waals surface area contributed by atoms with Gasteiger partial charge in [-0.15, -0.1) is 0 Å². The maximum absolute atomic E-state index is 13.6. The van der Waals surface area contributed by atoms with Crippen molar-refractivity contribution in [2.24, 2.45) is 0 Å². The summed E-state index contributed by atoms with van der Waals surface area (Å²) in [5, 5.41) is 2.19. The van der Waals surface area contributed by atoms with Crippen molar-refractivity contribution in [3.8, 4) is 5.75 Å². The van der Waals surface area contributed by atoms with E-state index in [0.29, 0.717) is 5.75 Å². The van der Waals surface area contributed by atoms with Crippen molar-refractivity contribution in [3.05, 3.63) is 59.4 Å². The van der Waals surface area contributed by atoms with E-state index in [0.717, 1.165) is 17.7 Å². The van der Waals surface area contributed by atoms with Crippen molar-refractivity contribution in [1.82, 2.24) is 0 Å². The number of benzene rings is 2. The quantitative estimate of drug-likeness (QED) is 0.803. The molecule has 0 heterocycles. The van der Waals surface area contributed by atoms with Crippen LogP contribution in [0.3, 0.4) is 0 Å². The molecule has 25 heavy (non-hydrogen) atoms. The van der Waals surface area contributed by atoms with Gasteiger partial charge in [0.25, 0.3) is 5.91 Å². The summed E-state index contributed by atoms with van der Waals surface area (Å²) < 4.78 is 45.2. The van der Waals surface area contributed by atoms with E-state index in [1.807, 2.05) is 12.1 Å². The van der Waals surface area contributed by atoms with Gasteiger partial charge in [0, 0.05) is 0 Å². The molecule has 1 amide bonds. The van der Waals surface area contributed by atoms with E-state index < -0.39 is 35.2 Å². The minimum atomic E-state index is -1.64. The van der Waals surface area contributed by atoms with Crippen LogP contribution in [-0.2, 0) is 10.2 Å². The Hall–Kier alpha value is -2.50. The molecule has 0 bridgehead atoms. The van der Waals surface area contributed by atoms with Gasteiger partial charge in [-0.1, -0.05) is 32.9 Å². The molecule has 0 aliphatic carbocycles. The van der Waals surface area contributed by atoms with Gasteiger partial charge in [-0.25, -0.2) is 13.2 Å². The van der Waals surface area contributed by atoms with Crippen molar-refractivity contribution < 1.29 is 22.7 Å². The van der Waals surface area contributed by atoms with E-state index in [1.165, 1.54) is 6.92 Å². The van der Waals surface area contributed by atoms with E-state index in [2.05, 4.69) is 26.1 Å². The molecular formula is C19H20F3NO2. The van der Waals surface area contributed by atoms with Crippen LogP contribution in [0.1, 0.15) is 33.3 Å². The van der Waals surface area contributed by atoms with Crippen LogP contribution in [0.2, 0.25) is 0 Å². The van der Waals surface area contributed by atoms with Crippen molar-refractivity contribution in [2.75, 3.05) is 5.32 Å². The molecule has 0 fully saturated rings. The molecule has 6 heteroatoms. The fourth-order valence-electron chi connectivity index (χ4n) is 2.15. The molecule has 3 nitrogen and oxygen atoms in total. The number of halogens is 3. The minimum Gasteiger partial charge on any atom is -0.481 e. The average Bonchev–Trinajstić information content (AvgIpc) is 2.55. The molecule has 1 N–H and O–H groups in total.